The number of esters is 3. The van der Waals surface area contributed by atoms with E-state index in [1.54, 1.807) is 0 Å². The van der Waals surface area contributed by atoms with Gasteiger partial charge in [-0.1, -0.05) is 5.92 Å². The first kappa shape index (κ1) is 17.9. The third-order valence-electron chi connectivity index (χ3n) is 2.34. The average Bonchev–Trinajstić information content (AvgIpc) is 2.58. The molecule has 0 aliphatic heterocycles. The van der Waals surface area contributed by atoms with Crippen molar-refractivity contribution in [1.29, 1.82) is 0 Å². The van der Waals surface area contributed by atoms with E-state index in [1.165, 1.54) is 0 Å². The number of nitrogens with zero attached hydrogens (tertiary/aromatic N) is 1. The monoisotopic (exact) mass is 323 g/mol. The van der Waals surface area contributed by atoms with Crippen LogP contribution >= 0.6 is 0 Å². The van der Waals surface area contributed by atoms with E-state index in [9.17, 15) is 24.5 Å². The van der Waals surface area contributed by atoms with Gasteiger partial charge in [-0.2, -0.15) is 0 Å². The Morgan fingerprint density at radius 3 is 2.17 bits per heavy atom. The largest absolute Gasteiger partial charge is 0.421 e. The van der Waals surface area contributed by atoms with Gasteiger partial charge in [0.1, 0.15) is 6.42 Å². The lowest BCUT2D eigenvalue weighted by Gasteiger charge is -2.18. The van der Waals surface area contributed by atoms with E-state index in [0.717, 1.165) is 26.8 Å². The van der Waals surface area contributed by atoms with Crippen molar-refractivity contribution in [3.05, 3.63) is 33.2 Å². The molecule has 9 nitrogen and oxygen atoms in total. The van der Waals surface area contributed by atoms with Crippen molar-refractivity contribution >= 4 is 17.9 Å². The van der Waals surface area contributed by atoms with E-state index >= 15 is 0 Å². The average molecular weight is 323 g/mol. The molecule has 1 aliphatic rings. The number of rotatable bonds is 5. The second kappa shape index (κ2) is 7.74. The summed E-state index contributed by atoms with van der Waals surface area (Å²) in [7, 11) is 0. The highest BCUT2D eigenvalue weighted by Crippen LogP contribution is 2.22. The molecule has 1 rings (SSSR count). The summed E-state index contributed by atoms with van der Waals surface area (Å²) >= 11 is 0. The highest BCUT2D eigenvalue weighted by atomic mass is 16.7. The van der Waals surface area contributed by atoms with Crippen LogP contribution in [0.4, 0.5) is 0 Å². The summed E-state index contributed by atoms with van der Waals surface area (Å²) in [5.74, 6) is 2.23. The standard InChI is InChI=1S/C14H13NO8/c1-8(16)21-13-6-4-5-11(15(19)20)7-12(13)14(22-9(2)17)23-10(3)18/h7,14H,5H2,1-3H3. The molecule has 0 amide bonds. The zero-order valence-electron chi connectivity index (χ0n) is 12.6. The zero-order valence-corrected chi connectivity index (χ0v) is 12.6. The van der Waals surface area contributed by atoms with E-state index in [4.69, 9.17) is 14.2 Å². The van der Waals surface area contributed by atoms with Crippen molar-refractivity contribution in [1.82, 2.24) is 0 Å². The summed E-state index contributed by atoms with van der Waals surface area (Å²) in [6.07, 6.45) is -0.864. The molecule has 0 N–H and O–H groups in total. The Bertz CT molecular complexity index is 661. The molecule has 0 aromatic rings. The summed E-state index contributed by atoms with van der Waals surface area (Å²) in [5, 5.41) is 11.0. The minimum atomic E-state index is -1.62. The summed E-state index contributed by atoms with van der Waals surface area (Å²) in [4.78, 5) is 43.8. The first-order chi connectivity index (χ1) is 10.7. The van der Waals surface area contributed by atoms with E-state index in [2.05, 4.69) is 11.8 Å². The maximum atomic E-state index is 11.2. The topological polar surface area (TPSA) is 122 Å². The number of hydrogen-bond acceptors (Lipinski definition) is 8. The molecule has 23 heavy (non-hydrogen) atoms. The molecule has 0 saturated heterocycles. The first-order valence-corrected chi connectivity index (χ1v) is 6.31. The summed E-state index contributed by atoms with van der Waals surface area (Å²) in [6, 6.07) is 0. The lowest BCUT2D eigenvalue weighted by Crippen LogP contribution is -2.26. The van der Waals surface area contributed by atoms with Crippen LogP contribution in [-0.2, 0) is 28.6 Å². The quantitative estimate of drug-likeness (QED) is 0.240. The summed E-state index contributed by atoms with van der Waals surface area (Å²) < 4.78 is 14.5. The maximum Gasteiger partial charge on any atom is 0.308 e. The van der Waals surface area contributed by atoms with Gasteiger partial charge in [0.2, 0.25) is 0 Å². The molecule has 0 radical (unpaired) electrons. The molecule has 0 fully saturated rings. The van der Waals surface area contributed by atoms with Crippen molar-refractivity contribution in [2.45, 2.75) is 33.5 Å². The number of carbonyl (C=O) groups is 3. The van der Waals surface area contributed by atoms with Crippen LogP contribution in [0.25, 0.3) is 0 Å². The number of hydrogen-bond donors (Lipinski definition) is 0. The van der Waals surface area contributed by atoms with E-state index in [1.807, 2.05) is 0 Å². The molecular weight excluding hydrogens is 310 g/mol. The van der Waals surface area contributed by atoms with E-state index in [0.29, 0.717) is 0 Å². The second-order valence-corrected chi connectivity index (χ2v) is 4.30. The third kappa shape index (κ3) is 5.62. The Hall–Kier alpha value is -3.15. The van der Waals surface area contributed by atoms with Gasteiger partial charge < -0.3 is 14.2 Å². The molecule has 122 valence electrons. The molecule has 0 aromatic heterocycles. The minimum Gasteiger partial charge on any atom is -0.421 e. The van der Waals surface area contributed by atoms with Crippen LogP contribution in [0.15, 0.2) is 23.1 Å². The van der Waals surface area contributed by atoms with Gasteiger partial charge in [-0.15, -0.1) is 0 Å². The predicted octanol–water partition coefficient (Wildman–Crippen LogP) is 0.824. The third-order valence-corrected chi connectivity index (χ3v) is 2.34. The molecule has 0 spiro atoms. The zero-order chi connectivity index (χ0) is 17.6. The summed E-state index contributed by atoms with van der Waals surface area (Å²) in [5.41, 5.74) is -0.541. The first-order valence-electron chi connectivity index (χ1n) is 6.31. The van der Waals surface area contributed by atoms with Crippen molar-refractivity contribution in [2.75, 3.05) is 0 Å². The van der Waals surface area contributed by atoms with Gasteiger partial charge in [0.15, 0.2) is 5.76 Å². The smallest absolute Gasteiger partial charge is 0.308 e. The van der Waals surface area contributed by atoms with Crippen LogP contribution in [0.1, 0.15) is 27.2 Å². The highest BCUT2D eigenvalue weighted by molar-refractivity contribution is 5.70. The van der Waals surface area contributed by atoms with Crippen LogP contribution in [-0.4, -0.2) is 29.1 Å². The van der Waals surface area contributed by atoms with Crippen molar-refractivity contribution < 1.29 is 33.5 Å². The van der Waals surface area contributed by atoms with Crippen LogP contribution in [0.5, 0.6) is 0 Å². The van der Waals surface area contributed by atoms with Gasteiger partial charge >= 0.3 is 17.9 Å². The SMILES string of the molecule is CC(=O)OC1=C(C(OC(C)=O)OC(C)=O)C=C([N+](=O)[O-])CC#C1. The van der Waals surface area contributed by atoms with Gasteiger partial charge in [0, 0.05) is 26.8 Å². The Morgan fingerprint density at radius 1 is 1.17 bits per heavy atom. The van der Waals surface area contributed by atoms with Gasteiger partial charge in [0.05, 0.1) is 10.5 Å². The van der Waals surface area contributed by atoms with Crippen LogP contribution in [0, 0.1) is 22.0 Å². The van der Waals surface area contributed by atoms with Gasteiger partial charge in [-0.25, -0.2) is 0 Å². The number of nitro groups is 1. The number of carbonyl (C=O) groups excluding carboxylic acids is 3. The number of ether oxygens (including phenoxy) is 3. The van der Waals surface area contributed by atoms with Crippen molar-refractivity contribution in [3.63, 3.8) is 0 Å². The molecule has 0 heterocycles. The Kier molecular flexibility index (Phi) is 6.03. The lowest BCUT2D eigenvalue weighted by molar-refractivity contribution is -0.426. The van der Waals surface area contributed by atoms with Gasteiger partial charge in [-0.05, 0) is 5.92 Å². The fourth-order valence-electron chi connectivity index (χ4n) is 1.56. The minimum absolute atomic E-state index is 0.206. The molecular formula is C14H13NO8. The molecule has 9 heteroatoms. The van der Waals surface area contributed by atoms with Crippen molar-refractivity contribution in [2.24, 2.45) is 0 Å². The van der Waals surface area contributed by atoms with Crippen LogP contribution in [0.3, 0.4) is 0 Å². The fraction of sp³-hybridized carbons (Fsp3) is 0.357. The Balaban J connectivity index is 3.43. The fourth-order valence-corrected chi connectivity index (χ4v) is 1.56. The number of allylic oxidation sites excluding steroid dienone is 2. The van der Waals surface area contributed by atoms with E-state index in [-0.39, 0.29) is 23.5 Å². The molecule has 1 aliphatic carbocycles. The van der Waals surface area contributed by atoms with Gasteiger partial charge in [-0.3, -0.25) is 24.5 Å². The Morgan fingerprint density at radius 2 is 1.74 bits per heavy atom. The van der Waals surface area contributed by atoms with Crippen LogP contribution in [0.2, 0.25) is 0 Å². The molecule has 0 aromatic carbocycles. The molecule has 0 saturated carbocycles. The predicted molar refractivity (Wildman–Crippen MR) is 73.6 cm³/mol. The normalized spacial score (nSPS) is 13.3. The highest BCUT2D eigenvalue weighted by Gasteiger charge is 2.28. The van der Waals surface area contributed by atoms with Gasteiger partial charge in [0.25, 0.3) is 12.0 Å². The molecule has 0 unspecified atom stereocenters. The molecule has 0 atom stereocenters. The van der Waals surface area contributed by atoms with Crippen LogP contribution < -0.4 is 0 Å². The Labute approximate surface area is 131 Å². The molecule has 0 bridgehead atoms. The summed E-state index contributed by atoms with van der Waals surface area (Å²) in [6.45, 7) is 3.22. The maximum absolute atomic E-state index is 11.2. The lowest BCUT2D eigenvalue weighted by atomic mass is 10.2. The van der Waals surface area contributed by atoms with Crippen molar-refractivity contribution in [3.8, 4) is 11.8 Å². The van der Waals surface area contributed by atoms with E-state index < -0.39 is 29.1 Å². The second-order valence-electron chi connectivity index (χ2n) is 4.30.